The number of rotatable bonds is 4. The number of imidazole rings is 1. The van der Waals surface area contributed by atoms with E-state index in [1.165, 1.54) is 0 Å². The number of ether oxygens (including phenoxy) is 1. The molecule has 23 heavy (non-hydrogen) atoms. The Morgan fingerprint density at radius 2 is 2.13 bits per heavy atom. The Morgan fingerprint density at radius 3 is 2.91 bits per heavy atom. The number of hydrogen-bond acceptors (Lipinski definition) is 3. The van der Waals surface area contributed by atoms with Crippen molar-refractivity contribution in [1.82, 2.24) is 14.7 Å². The summed E-state index contributed by atoms with van der Waals surface area (Å²) >= 11 is 3.47. The Morgan fingerprint density at radius 1 is 1.35 bits per heavy atom. The van der Waals surface area contributed by atoms with Gasteiger partial charge in [0, 0.05) is 16.9 Å². The minimum Gasteiger partial charge on any atom is -0.496 e. The number of carbonyl (C=O) groups excluding carboxylic acids is 1. The number of halogens is 1. The minimum absolute atomic E-state index is 0.183. The summed E-state index contributed by atoms with van der Waals surface area (Å²) in [6.45, 7) is 2.36. The molecule has 0 fully saturated rings. The second kappa shape index (κ2) is 6.42. The normalized spacial score (nSPS) is 10.7. The second-order valence-electron chi connectivity index (χ2n) is 5.19. The van der Waals surface area contributed by atoms with Crippen LogP contribution in [-0.4, -0.2) is 22.4 Å². The van der Waals surface area contributed by atoms with E-state index in [4.69, 9.17) is 4.74 Å². The summed E-state index contributed by atoms with van der Waals surface area (Å²) in [7, 11) is 1.55. The number of methoxy groups -OCH3 is 1. The molecule has 0 spiro atoms. The first-order chi connectivity index (χ1) is 11.1. The maximum absolute atomic E-state index is 12.3. The topological polar surface area (TPSA) is 55.6 Å². The molecule has 3 aromatic rings. The van der Waals surface area contributed by atoms with E-state index in [0.29, 0.717) is 17.9 Å². The van der Waals surface area contributed by atoms with Gasteiger partial charge >= 0.3 is 0 Å². The van der Waals surface area contributed by atoms with Gasteiger partial charge in [0.1, 0.15) is 11.4 Å². The van der Waals surface area contributed by atoms with Crippen molar-refractivity contribution in [1.29, 1.82) is 0 Å². The fraction of sp³-hybridized carbons (Fsp3) is 0.176. The molecule has 118 valence electrons. The molecule has 2 heterocycles. The second-order valence-corrected chi connectivity index (χ2v) is 6.10. The van der Waals surface area contributed by atoms with Crippen molar-refractivity contribution in [3.05, 3.63) is 64.0 Å². The largest absolute Gasteiger partial charge is 0.496 e. The van der Waals surface area contributed by atoms with Crippen LogP contribution in [0.5, 0.6) is 5.75 Å². The zero-order valence-corrected chi connectivity index (χ0v) is 14.4. The smallest absolute Gasteiger partial charge is 0.255 e. The molecule has 5 nitrogen and oxygen atoms in total. The predicted octanol–water partition coefficient (Wildman–Crippen LogP) is 3.34. The highest BCUT2D eigenvalue weighted by Crippen LogP contribution is 2.18. The third-order valence-corrected chi connectivity index (χ3v) is 3.97. The van der Waals surface area contributed by atoms with Crippen LogP contribution in [0.4, 0.5) is 0 Å². The Bertz CT molecular complexity index is 873. The molecule has 0 atom stereocenters. The van der Waals surface area contributed by atoms with Crippen molar-refractivity contribution >= 4 is 27.5 Å². The molecule has 1 aromatic carbocycles. The number of benzene rings is 1. The molecular formula is C17H16BrN3O2. The van der Waals surface area contributed by atoms with Crippen molar-refractivity contribution in [3.63, 3.8) is 0 Å². The number of pyridine rings is 1. The molecule has 0 saturated heterocycles. The predicted molar refractivity (Wildman–Crippen MR) is 91.8 cm³/mol. The highest BCUT2D eigenvalue weighted by molar-refractivity contribution is 9.10. The summed E-state index contributed by atoms with van der Waals surface area (Å²) in [6, 6.07) is 9.15. The molecule has 0 saturated carbocycles. The monoisotopic (exact) mass is 373 g/mol. The van der Waals surface area contributed by atoms with Crippen LogP contribution in [0.25, 0.3) is 5.65 Å². The zero-order chi connectivity index (χ0) is 16.4. The SMILES string of the molecule is COc1ccccc1C(=O)NCc1cn2cc(Br)cc(C)c2n1. The lowest BCUT2D eigenvalue weighted by molar-refractivity contribution is 0.0947. The molecule has 3 rings (SSSR count). The summed E-state index contributed by atoms with van der Waals surface area (Å²) in [5, 5.41) is 2.88. The Balaban J connectivity index is 1.78. The van der Waals surface area contributed by atoms with Crippen LogP contribution in [0.1, 0.15) is 21.6 Å². The Kier molecular flexibility index (Phi) is 4.34. The molecule has 1 N–H and O–H groups in total. The highest BCUT2D eigenvalue weighted by atomic mass is 79.9. The Hall–Kier alpha value is -2.34. The van der Waals surface area contributed by atoms with Crippen LogP contribution in [0.3, 0.4) is 0 Å². The summed E-state index contributed by atoms with van der Waals surface area (Å²) in [6.07, 6.45) is 3.86. The van der Waals surface area contributed by atoms with Crippen molar-refractivity contribution in [2.24, 2.45) is 0 Å². The van der Waals surface area contributed by atoms with Crippen LogP contribution in [0.2, 0.25) is 0 Å². The molecule has 0 bridgehead atoms. The standard InChI is InChI=1S/C17H16BrN3O2/c1-11-7-12(18)9-21-10-13(20-16(11)21)8-19-17(22)14-5-3-4-6-15(14)23-2/h3-7,9-10H,8H2,1-2H3,(H,19,22). The number of fused-ring (bicyclic) bond motifs is 1. The van der Waals surface area contributed by atoms with Gasteiger partial charge in [-0.05, 0) is 46.6 Å². The lowest BCUT2D eigenvalue weighted by Crippen LogP contribution is -2.23. The van der Waals surface area contributed by atoms with Crippen LogP contribution in [0, 0.1) is 6.92 Å². The van der Waals surface area contributed by atoms with Crippen molar-refractivity contribution < 1.29 is 9.53 Å². The van der Waals surface area contributed by atoms with Crippen LogP contribution < -0.4 is 10.1 Å². The summed E-state index contributed by atoms with van der Waals surface area (Å²) in [5.74, 6) is 0.372. The molecule has 2 aromatic heterocycles. The van der Waals surface area contributed by atoms with Crippen molar-refractivity contribution in [2.45, 2.75) is 13.5 Å². The number of carbonyl (C=O) groups is 1. The van der Waals surface area contributed by atoms with E-state index in [9.17, 15) is 4.79 Å². The van der Waals surface area contributed by atoms with Gasteiger partial charge in [0.25, 0.3) is 5.91 Å². The van der Waals surface area contributed by atoms with E-state index in [2.05, 4.69) is 26.2 Å². The molecule has 0 aliphatic rings. The van der Waals surface area contributed by atoms with Crippen LogP contribution in [-0.2, 0) is 6.54 Å². The van der Waals surface area contributed by atoms with E-state index in [1.807, 2.05) is 41.9 Å². The number of para-hydroxylation sites is 1. The number of hydrogen-bond donors (Lipinski definition) is 1. The van der Waals surface area contributed by atoms with Crippen molar-refractivity contribution in [3.8, 4) is 5.75 Å². The Labute approximate surface area is 142 Å². The first kappa shape index (κ1) is 15.6. The maximum Gasteiger partial charge on any atom is 0.255 e. The number of nitrogens with zero attached hydrogens (tertiary/aromatic N) is 2. The van der Waals surface area contributed by atoms with E-state index in [0.717, 1.165) is 21.4 Å². The molecule has 0 aliphatic carbocycles. The van der Waals surface area contributed by atoms with Crippen molar-refractivity contribution in [2.75, 3.05) is 7.11 Å². The van der Waals surface area contributed by atoms with Gasteiger partial charge in [-0.3, -0.25) is 4.79 Å². The van der Waals surface area contributed by atoms with Crippen LogP contribution >= 0.6 is 15.9 Å². The average molecular weight is 374 g/mol. The van der Waals surface area contributed by atoms with Gasteiger partial charge in [0.2, 0.25) is 0 Å². The van der Waals surface area contributed by atoms with Crippen LogP contribution in [0.15, 0.2) is 47.2 Å². The lowest BCUT2D eigenvalue weighted by atomic mass is 10.2. The van der Waals surface area contributed by atoms with Gasteiger partial charge in [-0.1, -0.05) is 12.1 Å². The fourth-order valence-electron chi connectivity index (χ4n) is 2.46. The van der Waals surface area contributed by atoms with Gasteiger partial charge in [-0.25, -0.2) is 4.98 Å². The third-order valence-electron chi connectivity index (χ3n) is 3.53. The fourth-order valence-corrected chi connectivity index (χ4v) is 3.02. The number of nitrogens with one attached hydrogen (secondary N) is 1. The minimum atomic E-state index is -0.183. The van der Waals surface area contributed by atoms with Gasteiger partial charge < -0.3 is 14.5 Å². The van der Waals surface area contributed by atoms with Gasteiger partial charge in [0.15, 0.2) is 0 Å². The quantitative estimate of drug-likeness (QED) is 0.762. The lowest BCUT2D eigenvalue weighted by Gasteiger charge is -2.07. The molecular weight excluding hydrogens is 358 g/mol. The molecule has 0 radical (unpaired) electrons. The van der Waals surface area contributed by atoms with Gasteiger partial charge in [-0.15, -0.1) is 0 Å². The van der Waals surface area contributed by atoms with E-state index >= 15 is 0 Å². The first-order valence-corrected chi connectivity index (χ1v) is 7.92. The molecule has 6 heteroatoms. The number of aromatic nitrogens is 2. The maximum atomic E-state index is 12.3. The summed E-state index contributed by atoms with van der Waals surface area (Å²) in [4.78, 5) is 16.9. The number of aryl methyl sites for hydroxylation is 1. The van der Waals surface area contributed by atoms with Gasteiger partial charge in [0.05, 0.1) is 24.9 Å². The van der Waals surface area contributed by atoms with Gasteiger partial charge in [-0.2, -0.15) is 0 Å². The van der Waals surface area contributed by atoms with E-state index in [1.54, 1.807) is 19.2 Å². The summed E-state index contributed by atoms with van der Waals surface area (Å²) in [5.41, 5.74) is 3.27. The summed E-state index contributed by atoms with van der Waals surface area (Å²) < 4.78 is 8.15. The molecule has 0 aliphatic heterocycles. The van der Waals surface area contributed by atoms with E-state index < -0.39 is 0 Å². The van der Waals surface area contributed by atoms with E-state index in [-0.39, 0.29) is 5.91 Å². The molecule has 0 unspecified atom stereocenters. The molecule has 1 amide bonds. The highest BCUT2D eigenvalue weighted by Gasteiger charge is 2.12. The average Bonchev–Trinajstić information content (AvgIpc) is 2.95. The number of amides is 1. The third kappa shape index (κ3) is 3.22. The zero-order valence-electron chi connectivity index (χ0n) is 12.8. The first-order valence-electron chi connectivity index (χ1n) is 7.13.